The third kappa shape index (κ3) is 4.57. The lowest BCUT2D eigenvalue weighted by molar-refractivity contribution is 0.0249. The molecule has 0 aliphatic carbocycles. The molecule has 0 aliphatic rings. The summed E-state index contributed by atoms with van der Waals surface area (Å²) in [6.07, 6.45) is 2.78. The first-order valence-electron chi connectivity index (χ1n) is 10.1. The lowest BCUT2D eigenvalue weighted by atomic mass is 10.0. The first kappa shape index (κ1) is 21.8. The zero-order valence-corrected chi connectivity index (χ0v) is 18.3. The topological polar surface area (TPSA) is 133 Å². The van der Waals surface area contributed by atoms with Crippen LogP contribution in [0, 0.1) is 0 Å². The van der Waals surface area contributed by atoms with Crippen molar-refractivity contribution in [3.8, 4) is 22.4 Å². The number of rotatable bonds is 6. The highest BCUT2D eigenvalue weighted by molar-refractivity contribution is 7.22. The van der Waals surface area contributed by atoms with Gasteiger partial charge in [-0.25, -0.2) is 19.7 Å². The van der Waals surface area contributed by atoms with Crippen LogP contribution in [0.5, 0.6) is 0 Å². The van der Waals surface area contributed by atoms with E-state index in [0.717, 1.165) is 27.1 Å². The number of thiazole rings is 1. The monoisotopic (exact) mass is 450 g/mol. The molecule has 0 bridgehead atoms. The number of aliphatic hydroxyl groups is 2. The van der Waals surface area contributed by atoms with Crippen LogP contribution in [0.1, 0.15) is 25.8 Å². The lowest BCUT2D eigenvalue weighted by Crippen LogP contribution is -2.28. The average molecular weight is 451 g/mol. The molecule has 4 rings (SSSR count). The number of benzene rings is 1. The molecule has 164 valence electrons. The second-order valence-corrected chi connectivity index (χ2v) is 8.10. The van der Waals surface area contributed by atoms with Gasteiger partial charge in [-0.2, -0.15) is 0 Å². The number of aromatic nitrogens is 4. The summed E-state index contributed by atoms with van der Waals surface area (Å²) < 4.78 is 0.890. The standard InChI is InChI=1S/C22H22N6O3S/c1-3-23-21(31)28-22-27-17-9-13(14-10-25-20(26-11-14)18(30)12(2)29)8-15(19(17)32-22)16-6-4-5-7-24-16/h4-12,18,29-30H,3H2,1-2H3,(H2,23,27,28,31)/t12-,18-/m0/s1. The fraction of sp³-hybridized carbons (Fsp3) is 0.227. The van der Waals surface area contributed by atoms with Crippen molar-refractivity contribution in [2.24, 2.45) is 0 Å². The van der Waals surface area contributed by atoms with E-state index in [1.54, 1.807) is 18.6 Å². The van der Waals surface area contributed by atoms with Gasteiger partial charge in [0.2, 0.25) is 0 Å². The molecular formula is C22H22N6O3S. The van der Waals surface area contributed by atoms with Crippen molar-refractivity contribution in [2.75, 3.05) is 11.9 Å². The maximum absolute atomic E-state index is 11.9. The Morgan fingerprint density at radius 2 is 1.91 bits per heavy atom. The van der Waals surface area contributed by atoms with Crippen LogP contribution in [-0.4, -0.2) is 48.8 Å². The number of carbonyl (C=O) groups is 1. The third-order valence-corrected chi connectivity index (χ3v) is 5.74. The number of amides is 2. The molecule has 0 saturated heterocycles. The van der Waals surface area contributed by atoms with Crippen molar-refractivity contribution in [1.82, 2.24) is 25.3 Å². The largest absolute Gasteiger partial charge is 0.390 e. The molecule has 0 radical (unpaired) electrons. The molecule has 0 aliphatic heterocycles. The van der Waals surface area contributed by atoms with Crippen molar-refractivity contribution < 1.29 is 15.0 Å². The molecule has 0 unspecified atom stereocenters. The van der Waals surface area contributed by atoms with Crippen molar-refractivity contribution in [3.05, 3.63) is 54.7 Å². The summed E-state index contributed by atoms with van der Waals surface area (Å²) in [4.78, 5) is 29.4. The molecule has 0 spiro atoms. The van der Waals surface area contributed by atoms with Crippen LogP contribution in [0.2, 0.25) is 0 Å². The number of anilines is 1. The Balaban J connectivity index is 1.79. The third-order valence-electron chi connectivity index (χ3n) is 4.72. The minimum atomic E-state index is -1.16. The van der Waals surface area contributed by atoms with E-state index < -0.39 is 12.2 Å². The van der Waals surface area contributed by atoms with Gasteiger partial charge in [-0.15, -0.1) is 0 Å². The molecule has 1 aromatic carbocycles. The van der Waals surface area contributed by atoms with Gasteiger partial charge in [-0.3, -0.25) is 10.3 Å². The van der Waals surface area contributed by atoms with E-state index in [1.807, 2.05) is 37.3 Å². The summed E-state index contributed by atoms with van der Waals surface area (Å²) in [5, 5.41) is 25.5. The minimum Gasteiger partial charge on any atom is -0.390 e. The SMILES string of the molecule is CCNC(=O)Nc1nc2cc(-c3cnc([C@@H](O)[C@H](C)O)nc3)cc(-c3ccccn3)c2s1. The predicted molar refractivity (Wildman–Crippen MR) is 123 cm³/mol. The van der Waals surface area contributed by atoms with Gasteiger partial charge in [-0.1, -0.05) is 17.4 Å². The number of urea groups is 1. The van der Waals surface area contributed by atoms with Gasteiger partial charge >= 0.3 is 6.03 Å². The number of nitrogens with one attached hydrogen (secondary N) is 2. The molecule has 0 fully saturated rings. The number of fused-ring (bicyclic) bond motifs is 1. The van der Waals surface area contributed by atoms with Gasteiger partial charge in [0.1, 0.15) is 6.10 Å². The molecule has 3 aromatic heterocycles. The van der Waals surface area contributed by atoms with Crippen molar-refractivity contribution in [2.45, 2.75) is 26.1 Å². The maximum Gasteiger partial charge on any atom is 0.321 e. The molecule has 0 saturated carbocycles. The minimum absolute atomic E-state index is 0.150. The molecule has 32 heavy (non-hydrogen) atoms. The van der Waals surface area contributed by atoms with Crippen LogP contribution in [0.4, 0.5) is 9.93 Å². The zero-order valence-electron chi connectivity index (χ0n) is 17.5. The Bertz CT molecular complexity index is 1230. The lowest BCUT2D eigenvalue weighted by Gasteiger charge is -2.12. The Kier molecular flexibility index (Phi) is 6.35. The quantitative estimate of drug-likeness (QED) is 0.354. The number of pyridine rings is 1. The van der Waals surface area contributed by atoms with Crippen molar-refractivity contribution >= 4 is 32.7 Å². The Morgan fingerprint density at radius 3 is 2.56 bits per heavy atom. The second kappa shape index (κ2) is 9.35. The van der Waals surface area contributed by atoms with Crippen LogP contribution in [0.3, 0.4) is 0 Å². The highest BCUT2D eigenvalue weighted by atomic mass is 32.1. The van der Waals surface area contributed by atoms with E-state index in [2.05, 4.69) is 30.6 Å². The first-order valence-corrected chi connectivity index (χ1v) is 10.9. The van der Waals surface area contributed by atoms with Gasteiger partial charge in [0.05, 0.1) is 22.0 Å². The molecule has 9 nitrogen and oxygen atoms in total. The average Bonchev–Trinajstić information content (AvgIpc) is 3.20. The summed E-state index contributed by atoms with van der Waals surface area (Å²) in [6.45, 7) is 3.83. The van der Waals surface area contributed by atoms with Crippen LogP contribution in [0.25, 0.3) is 32.6 Å². The van der Waals surface area contributed by atoms with E-state index in [0.29, 0.717) is 17.2 Å². The summed E-state index contributed by atoms with van der Waals surface area (Å²) in [5.74, 6) is 0.150. The smallest absolute Gasteiger partial charge is 0.321 e. The highest BCUT2D eigenvalue weighted by Crippen LogP contribution is 2.38. The highest BCUT2D eigenvalue weighted by Gasteiger charge is 2.18. The summed E-state index contributed by atoms with van der Waals surface area (Å²) in [6, 6.07) is 9.22. The zero-order chi connectivity index (χ0) is 22.7. The van der Waals surface area contributed by atoms with Gasteiger partial charge < -0.3 is 15.5 Å². The van der Waals surface area contributed by atoms with E-state index in [4.69, 9.17) is 0 Å². The van der Waals surface area contributed by atoms with Crippen molar-refractivity contribution in [1.29, 1.82) is 0 Å². The van der Waals surface area contributed by atoms with Gasteiger partial charge in [-0.05, 0) is 43.7 Å². The second-order valence-electron chi connectivity index (χ2n) is 7.11. The number of aliphatic hydroxyl groups excluding tert-OH is 2. The molecule has 2 atom stereocenters. The fourth-order valence-electron chi connectivity index (χ4n) is 3.12. The van der Waals surface area contributed by atoms with Crippen LogP contribution in [0.15, 0.2) is 48.9 Å². The summed E-state index contributed by atoms with van der Waals surface area (Å²) >= 11 is 1.37. The Hall–Kier alpha value is -3.47. The molecular weight excluding hydrogens is 428 g/mol. The Labute approximate surface area is 188 Å². The van der Waals surface area contributed by atoms with E-state index in [1.165, 1.54) is 18.3 Å². The Morgan fingerprint density at radius 1 is 1.12 bits per heavy atom. The summed E-state index contributed by atoms with van der Waals surface area (Å²) in [5.41, 5.74) is 3.87. The molecule has 2 amide bonds. The fourth-order valence-corrected chi connectivity index (χ4v) is 4.09. The van der Waals surface area contributed by atoms with Crippen LogP contribution < -0.4 is 10.6 Å². The normalized spacial score (nSPS) is 13.0. The van der Waals surface area contributed by atoms with E-state index in [-0.39, 0.29) is 11.9 Å². The van der Waals surface area contributed by atoms with Crippen LogP contribution >= 0.6 is 11.3 Å². The summed E-state index contributed by atoms with van der Waals surface area (Å²) in [7, 11) is 0. The first-order chi connectivity index (χ1) is 15.5. The van der Waals surface area contributed by atoms with E-state index >= 15 is 0 Å². The van der Waals surface area contributed by atoms with Gasteiger partial charge in [0.25, 0.3) is 0 Å². The van der Waals surface area contributed by atoms with Gasteiger partial charge in [0, 0.05) is 36.3 Å². The van der Waals surface area contributed by atoms with E-state index in [9.17, 15) is 15.0 Å². The molecule has 4 N–H and O–H groups in total. The maximum atomic E-state index is 11.9. The van der Waals surface area contributed by atoms with Gasteiger partial charge in [0.15, 0.2) is 11.0 Å². The predicted octanol–water partition coefficient (Wildman–Crippen LogP) is 3.37. The number of nitrogens with zero attached hydrogens (tertiary/aromatic N) is 4. The van der Waals surface area contributed by atoms with Crippen molar-refractivity contribution in [3.63, 3.8) is 0 Å². The molecule has 3 heterocycles. The molecule has 4 aromatic rings. The number of hydrogen-bond donors (Lipinski definition) is 4. The number of hydrogen-bond acceptors (Lipinski definition) is 8. The molecule has 10 heteroatoms. The number of carbonyl (C=O) groups excluding carboxylic acids is 1. The van der Waals surface area contributed by atoms with Crippen LogP contribution in [-0.2, 0) is 0 Å².